The molecule has 0 aliphatic carbocycles. The molecular formula is C13H8ClNS. The van der Waals surface area contributed by atoms with Gasteiger partial charge in [-0.3, -0.25) is 0 Å². The molecule has 0 bridgehead atoms. The first-order valence-corrected chi connectivity index (χ1v) is 6.16. The number of halogens is 1. The highest BCUT2D eigenvalue weighted by molar-refractivity contribution is 8.05. The topological polar surface area (TPSA) is 12.4 Å². The van der Waals surface area contributed by atoms with Crippen LogP contribution in [0.15, 0.2) is 46.9 Å². The lowest BCUT2D eigenvalue weighted by molar-refractivity contribution is 1.35. The fraction of sp³-hybridized carbons (Fsp3) is 0. The van der Waals surface area contributed by atoms with Crippen LogP contribution in [0.3, 0.4) is 0 Å². The van der Waals surface area contributed by atoms with Gasteiger partial charge in [0.25, 0.3) is 0 Å². The van der Waals surface area contributed by atoms with E-state index in [1.54, 1.807) is 0 Å². The van der Waals surface area contributed by atoms with Crippen LogP contribution >= 0.6 is 23.5 Å². The first-order chi connectivity index (χ1) is 7.86. The van der Waals surface area contributed by atoms with Crippen molar-refractivity contribution in [3.8, 4) is 0 Å². The molecular weight excluding hydrogens is 238 g/mol. The molecule has 1 aliphatic rings. The van der Waals surface area contributed by atoms with Gasteiger partial charge in [-0.05, 0) is 17.4 Å². The Balaban J connectivity index is 2.77. The van der Waals surface area contributed by atoms with Crippen molar-refractivity contribution < 1.29 is 0 Å². The average Bonchev–Trinajstić information content (AvgIpc) is 2.49. The van der Waals surface area contributed by atoms with E-state index in [0.29, 0.717) is 0 Å². The van der Waals surface area contributed by atoms with Gasteiger partial charge in [0.15, 0.2) is 0 Å². The average molecular weight is 246 g/mol. The summed E-state index contributed by atoms with van der Waals surface area (Å²) < 4.78 is 4.45. The summed E-state index contributed by atoms with van der Waals surface area (Å²) >= 11 is 7.72. The maximum absolute atomic E-state index is 6.27. The summed E-state index contributed by atoms with van der Waals surface area (Å²) in [6.45, 7) is 0. The van der Waals surface area contributed by atoms with Gasteiger partial charge in [-0.1, -0.05) is 41.9 Å². The summed E-state index contributed by atoms with van der Waals surface area (Å²) in [6, 6.07) is 14.0. The predicted octanol–water partition coefficient (Wildman–Crippen LogP) is 2.65. The monoisotopic (exact) mass is 245 g/mol. The molecule has 3 rings (SSSR count). The summed E-state index contributed by atoms with van der Waals surface area (Å²) in [4.78, 5) is 0. The molecule has 0 atom stereocenters. The second kappa shape index (κ2) is 3.96. The molecule has 0 fully saturated rings. The van der Waals surface area contributed by atoms with Crippen LogP contribution in [-0.2, 0) is 0 Å². The van der Waals surface area contributed by atoms with E-state index in [1.807, 2.05) is 35.7 Å². The third-order valence-electron chi connectivity index (χ3n) is 2.55. The van der Waals surface area contributed by atoms with Crippen molar-refractivity contribution in [1.82, 2.24) is 0 Å². The third kappa shape index (κ3) is 1.55. The van der Waals surface area contributed by atoms with Gasteiger partial charge in [0.1, 0.15) is 0 Å². The molecule has 1 nitrogen and oxygen atoms in total. The number of rotatable bonds is 0. The van der Waals surface area contributed by atoms with Crippen molar-refractivity contribution in [3.63, 3.8) is 0 Å². The summed E-state index contributed by atoms with van der Waals surface area (Å²) in [7, 11) is 0. The van der Waals surface area contributed by atoms with Crippen LogP contribution in [0.4, 0.5) is 0 Å². The SMILES string of the molecule is Clc1cccc2c1=c1ccccc1=NSC=2. The van der Waals surface area contributed by atoms with Gasteiger partial charge in [0.2, 0.25) is 0 Å². The minimum absolute atomic E-state index is 0.777. The molecule has 3 heteroatoms. The largest absolute Gasteiger partial charge is 0.211 e. The Morgan fingerprint density at radius 2 is 1.88 bits per heavy atom. The molecule has 78 valence electrons. The Kier molecular flexibility index (Phi) is 2.46. The van der Waals surface area contributed by atoms with Crippen molar-refractivity contribution in [2.45, 2.75) is 0 Å². The molecule has 0 spiro atoms. The lowest BCUT2D eigenvalue weighted by atomic mass is 10.2. The Hall–Kier alpha value is -1.25. The summed E-state index contributed by atoms with van der Waals surface area (Å²) in [6.07, 6.45) is 0. The van der Waals surface area contributed by atoms with E-state index < -0.39 is 0 Å². The molecule has 0 N–H and O–H groups in total. The Labute approximate surface area is 102 Å². The predicted molar refractivity (Wildman–Crippen MR) is 68.4 cm³/mol. The minimum atomic E-state index is 0.777. The fourth-order valence-corrected chi connectivity index (χ4v) is 2.75. The standard InChI is InChI=1S/C13H8ClNS/c14-11-6-3-4-9-8-16-15-12-7-2-1-5-10(12)13(9)11/h1-8H. The van der Waals surface area contributed by atoms with E-state index >= 15 is 0 Å². The molecule has 0 saturated heterocycles. The van der Waals surface area contributed by atoms with E-state index in [9.17, 15) is 0 Å². The fourth-order valence-electron chi connectivity index (χ4n) is 1.83. The first kappa shape index (κ1) is 9.94. The molecule has 1 aliphatic heterocycles. The van der Waals surface area contributed by atoms with Gasteiger partial charge in [-0.25, -0.2) is 4.40 Å². The smallest absolute Gasteiger partial charge is 0.0796 e. The summed E-state index contributed by atoms with van der Waals surface area (Å²) in [5, 5.41) is 7.10. The highest BCUT2D eigenvalue weighted by Gasteiger charge is 1.98. The number of nitrogens with zero attached hydrogens (tertiary/aromatic N) is 1. The Bertz CT molecular complexity index is 752. The van der Waals surface area contributed by atoms with Crippen LogP contribution < -0.4 is 10.6 Å². The highest BCUT2D eigenvalue weighted by Crippen LogP contribution is 2.11. The van der Waals surface area contributed by atoms with E-state index in [4.69, 9.17) is 11.6 Å². The quantitative estimate of drug-likeness (QED) is 0.650. The van der Waals surface area contributed by atoms with Gasteiger partial charge >= 0.3 is 0 Å². The molecule has 0 aromatic heterocycles. The molecule has 1 heterocycles. The summed E-state index contributed by atoms with van der Waals surface area (Å²) in [5.74, 6) is 0. The zero-order chi connectivity index (χ0) is 11.0. The van der Waals surface area contributed by atoms with Gasteiger partial charge in [0, 0.05) is 32.8 Å². The van der Waals surface area contributed by atoms with Gasteiger partial charge in [-0.2, -0.15) is 0 Å². The summed E-state index contributed by atoms with van der Waals surface area (Å²) in [5.41, 5.74) is 0. The van der Waals surface area contributed by atoms with Gasteiger partial charge in [-0.15, -0.1) is 0 Å². The molecule has 0 unspecified atom stereocenters. The maximum Gasteiger partial charge on any atom is 0.0796 e. The van der Waals surface area contributed by atoms with Gasteiger partial charge < -0.3 is 0 Å². The first-order valence-electron chi connectivity index (χ1n) is 4.94. The second-order valence-electron chi connectivity index (χ2n) is 3.54. The van der Waals surface area contributed by atoms with Crippen molar-refractivity contribution in [1.29, 1.82) is 0 Å². The second-order valence-corrected chi connectivity index (χ2v) is 4.57. The number of hydrogen-bond donors (Lipinski definition) is 0. The molecule has 0 amide bonds. The normalized spacial score (nSPS) is 12.8. The Morgan fingerprint density at radius 3 is 2.81 bits per heavy atom. The third-order valence-corrected chi connectivity index (χ3v) is 3.53. The molecule has 0 saturated carbocycles. The van der Waals surface area contributed by atoms with Crippen molar-refractivity contribution in [2.24, 2.45) is 4.40 Å². The lowest BCUT2D eigenvalue weighted by Crippen LogP contribution is -2.07. The molecule has 0 radical (unpaired) electrons. The van der Waals surface area contributed by atoms with E-state index in [-0.39, 0.29) is 0 Å². The van der Waals surface area contributed by atoms with Crippen LogP contribution in [-0.4, -0.2) is 0 Å². The molecule has 2 aromatic rings. The zero-order valence-electron chi connectivity index (χ0n) is 8.35. The van der Waals surface area contributed by atoms with Crippen LogP contribution in [0, 0.1) is 10.4 Å². The van der Waals surface area contributed by atoms with Crippen LogP contribution in [0.1, 0.15) is 0 Å². The van der Waals surface area contributed by atoms with E-state index in [1.165, 1.54) is 11.9 Å². The Morgan fingerprint density at radius 1 is 1.00 bits per heavy atom. The lowest BCUT2D eigenvalue weighted by Gasteiger charge is -1.93. The van der Waals surface area contributed by atoms with Crippen LogP contribution in [0.25, 0.3) is 5.41 Å². The van der Waals surface area contributed by atoms with Gasteiger partial charge in [0.05, 0.1) is 5.36 Å². The molecule has 16 heavy (non-hydrogen) atoms. The minimum Gasteiger partial charge on any atom is -0.211 e. The van der Waals surface area contributed by atoms with E-state index in [2.05, 4.69) is 16.5 Å². The van der Waals surface area contributed by atoms with E-state index in [0.717, 1.165) is 26.0 Å². The number of benzene rings is 2. The number of hydrogen-bond acceptors (Lipinski definition) is 2. The van der Waals surface area contributed by atoms with Crippen molar-refractivity contribution >= 4 is 29.0 Å². The van der Waals surface area contributed by atoms with Crippen molar-refractivity contribution in [3.05, 3.63) is 68.5 Å². The van der Waals surface area contributed by atoms with Crippen LogP contribution in [0.5, 0.6) is 0 Å². The maximum atomic E-state index is 6.27. The van der Waals surface area contributed by atoms with Crippen LogP contribution in [0.2, 0.25) is 5.02 Å². The molecule has 2 aromatic carbocycles. The number of fused-ring (bicyclic) bond motifs is 2. The van der Waals surface area contributed by atoms with Crippen molar-refractivity contribution in [2.75, 3.05) is 0 Å². The highest BCUT2D eigenvalue weighted by atomic mass is 35.5. The zero-order valence-corrected chi connectivity index (χ0v) is 9.92.